The largest absolute Gasteiger partial charge is 0.265 e. The minimum Gasteiger partial charge on any atom is -0.265 e. The van der Waals surface area contributed by atoms with E-state index in [1.807, 2.05) is 6.21 Å². The number of hydrogen-bond acceptors (Lipinski definition) is 1. The molecule has 0 spiro atoms. The lowest BCUT2D eigenvalue weighted by Gasteiger charge is -2.11. The van der Waals surface area contributed by atoms with E-state index in [0.717, 1.165) is 0 Å². The van der Waals surface area contributed by atoms with Gasteiger partial charge in [-0.25, -0.2) is 0 Å². The smallest absolute Gasteiger partial charge is 0.0299 e. The third-order valence-electron chi connectivity index (χ3n) is 2.72. The second-order valence-corrected chi connectivity index (χ2v) is 4.00. The molecule has 0 aliphatic rings. The highest BCUT2D eigenvalue weighted by Crippen LogP contribution is 2.17. The van der Waals surface area contributed by atoms with E-state index in [0.29, 0.717) is 5.92 Å². The third kappa shape index (κ3) is 7.12. The van der Waals surface area contributed by atoms with E-state index in [4.69, 9.17) is 0 Å². The van der Waals surface area contributed by atoms with Crippen molar-refractivity contribution < 1.29 is 0 Å². The van der Waals surface area contributed by atoms with Crippen LogP contribution in [0.5, 0.6) is 0 Å². The van der Waals surface area contributed by atoms with Crippen LogP contribution in [-0.2, 0) is 0 Å². The first-order valence-corrected chi connectivity index (χ1v) is 6.06. The summed E-state index contributed by atoms with van der Waals surface area (Å²) in [6.45, 7) is 10.2. The lowest BCUT2D eigenvalue weighted by Crippen LogP contribution is -2.00. The molecule has 1 unspecified atom stereocenters. The third-order valence-corrected chi connectivity index (χ3v) is 2.72. The minimum absolute atomic E-state index is 0.621. The van der Waals surface area contributed by atoms with Crippen LogP contribution in [0.1, 0.15) is 52.9 Å². The molecule has 0 saturated heterocycles. The standard InChI is InChI=1S/C14H25N/c1-5-8-9-10-11-13(4)14(6-2)12-15-7-3/h6-7,12-13H,3,5,8-11H2,1-2,4H3/b14-6+,15-12?. The summed E-state index contributed by atoms with van der Waals surface area (Å²) in [4.78, 5) is 4.08. The molecule has 1 nitrogen and oxygen atoms in total. The molecule has 86 valence electrons. The fraction of sp³-hybridized carbons (Fsp3) is 0.643. The summed E-state index contributed by atoms with van der Waals surface area (Å²) in [7, 11) is 0. The molecule has 1 atom stereocenters. The Hall–Kier alpha value is -0.850. The Bertz CT molecular complexity index is 213. The molecule has 0 heterocycles. The van der Waals surface area contributed by atoms with Crippen molar-refractivity contribution in [3.63, 3.8) is 0 Å². The predicted molar refractivity (Wildman–Crippen MR) is 70.4 cm³/mol. The maximum Gasteiger partial charge on any atom is 0.0299 e. The summed E-state index contributed by atoms with van der Waals surface area (Å²) < 4.78 is 0. The molecule has 0 bridgehead atoms. The number of allylic oxidation sites excluding steroid dienone is 2. The molecule has 0 saturated carbocycles. The zero-order valence-corrected chi connectivity index (χ0v) is 10.5. The van der Waals surface area contributed by atoms with Crippen molar-refractivity contribution in [2.24, 2.45) is 10.9 Å². The zero-order chi connectivity index (χ0) is 11.5. The molecule has 0 radical (unpaired) electrons. The van der Waals surface area contributed by atoms with Gasteiger partial charge in [0.1, 0.15) is 0 Å². The monoisotopic (exact) mass is 207 g/mol. The molecule has 0 aromatic heterocycles. The number of aliphatic imine (C=N–C) groups is 1. The Morgan fingerprint density at radius 2 is 2.07 bits per heavy atom. The van der Waals surface area contributed by atoms with E-state index in [2.05, 4.69) is 38.4 Å². The highest BCUT2D eigenvalue weighted by Gasteiger charge is 2.04. The van der Waals surface area contributed by atoms with Crippen molar-refractivity contribution in [1.29, 1.82) is 0 Å². The summed E-state index contributed by atoms with van der Waals surface area (Å²) >= 11 is 0. The Balaban J connectivity index is 3.89. The molecule has 1 heteroatoms. The van der Waals surface area contributed by atoms with Crippen molar-refractivity contribution in [2.45, 2.75) is 52.9 Å². The van der Waals surface area contributed by atoms with Crippen LogP contribution < -0.4 is 0 Å². The summed E-state index contributed by atoms with van der Waals surface area (Å²) in [6, 6.07) is 0. The highest BCUT2D eigenvalue weighted by molar-refractivity contribution is 5.79. The van der Waals surface area contributed by atoms with Crippen molar-refractivity contribution in [3.05, 3.63) is 24.4 Å². The molecular formula is C14H25N. The lowest BCUT2D eigenvalue weighted by atomic mass is 9.95. The quantitative estimate of drug-likeness (QED) is 0.402. The normalized spacial score (nSPS) is 14.5. The average Bonchev–Trinajstić information content (AvgIpc) is 2.25. The van der Waals surface area contributed by atoms with E-state index in [9.17, 15) is 0 Å². The van der Waals surface area contributed by atoms with Gasteiger partial charge in [0.2, 0.25) is 0 Å². The molecule has 15 heavy (non-hydrogen) atoms. The van der Waals surface area contributed by atoms with Gasteiger partial charge in [0.25, 0.3) is 0 Å². The Kier molecular flexibility index (Phi) is 9.15. The summed E-state index contributed by atoms with van der Waals surface area (Å²) in [5, 5.41) is 0. The van der Waals surface area contributed by atoms with Crippen LogP contribution in [0.15, 0.2) is 29.4 Å². The van der Waals surface area contributed by atoms with Crippen LogP contribution in [-0.4, -0.2) is 6.21 Å². The number of rotatable bonds is 8. The second-order valence-electron chi connectivity index (χ2n) is 4.00. The Morgan fingerprint density at radius 1 is 1.33 bits per heavy atom. The SMILES string of the molecule is C=CN=C/C(=C\C)C(C)CCCCCC. The molecule has 0 amide bonds. The number of hydrogen-bond donors (Lipinski definition) is 0. The maximum absolute atomic E-state index is 4.08. The van der Waals surface area contributed by atoms with Crippen LogP contribution in [0.4, 0.5) is 0 Å². The summed E-state index contributed by atoms with van der Waals surface area (Å²) in [5.74, 6) is 0.621. The van der Waals surface area contributed by atoms with Gasteiger partial charge in [-0.1, -0.05) is 52.2 Å². The zero-order valence-electron chi connectivity index (χ0n) is 10.5. The molecule has 0 aromatic carbocycles. The topological polar surface area (TPSA) is 12.4 Å². The second kappa shape index (κ2) is 9.70. The fourth-order valence-corrected chi connectivity index (χ4v) is 1.67. The predicted octanol–water partition coefficient (Wildman–Crippen LogP) is 4.75. The number of unbranched alkanes of at least 4 members (excludes halogenated alkanes) is 3. The van der Waals surface area contributed by atoms with Crippen LogP contribution in [0, 0.1) is 5.92 Å². The first kappa shape index (κ1) is 14.2. The van der Waals surface area contributed by atoms with Gasteiger partial charge in [-0.3, -0.25) is 4.99 Å². The van der Waals surface area contributed by atoms with Crippen LogP contribution in [0.3, 0.4) is 0 Å². The molecule has 0 N–H and O–H groups in total. The van der Waals surface area contributed by atoms with Gasteiger partial charge in [0.05, 0.1) is 0 Å². The molecule has 0 fully saturated rings. The first-order valence-electron chi connectivity index (χ1n) is 6.06. The van der Waals surface area contributed by atoms with Gasteiger partial charge in [0, 0.05) is 12.4 Å². The van der Waals surface area contributed by atoms with Gasteiger partial charge in [-0.2, -0.15) is 0 Å². The van der Waals surface area contributed by atoms with Gasteiger partial charge in [-0.15, -0.1) is 0 Å². The van der Waals surface area contributed by atoms with Gasteiger partial charge >= 0.3 is 0 Å². The maximum atomic E-state index is 4.08. The van der Waals surface area contributed by atoms with Crippen LogP contribution in [0.2, 0.25) is 0 Å². The molecule has 0 rings (SSSR count). The van der Waals surface area contributed by atoms with E-state index in [1.165, 1.54) is 37.7 Å². The van der Waals surface area contributed by atoms with Crippen molar-refractivity contribution in [1.82, 2.24) is 0 Å². The van der Waals surface area contributed by atoms with Crippen LogP contribution in [0.25, 0.3) is 0 Å². The Labute approximate surface area is 95.0 Å². The number of nitrogens with zero attached hydrogens (tertiary/aromatic N) is 1. The van der Waals surface area contributed by atoms with Crippen molar-refractivity contribution in [3.8, 4) is 0 Å². The van der Waals surface area contributed by atoms with E-state index in [1.54, 1.807) is 6.20 Å². The van der Waals surface area contributed by atoms with Gasteiger partial charge in [0.15, 0.2) is 0 Å². The van der Waals surface area contributed by atoms with Gasteiger partial charge < -0.3 is 0 Å². The van der Waals surface area contributed by atoms with E-state index >= 15 is 0 Å². The molecular weight excluding hydrogens is 182 g/mol. The summed E-state index contributed by atoms with van der Waals surface area (Å²) in [5.41, 5.74) is 1.33. The lowest BCUT2D eigenvalue weighted by molar-refractivity contribution is 0.553. The highest BCUT2D eigenvalue weighted by atomic mass is 14.7. The Morgan fingerprint density at radius 3 is 2.60 bits per heavy atom. The van der Waals surface area contributed by atoms with Gasteiger partial charge in [-0.05, 0) is 24.8 Å². The van der Waals surface area contributed by atoms with E-state index in [-0.39, 0.29) is 0 Å². The molecule has 0 aliphatic heterocycles. The summed E-state index contributed by atoms with van der Waals surface area (Å²) in [6.07, 6.45) is 12.3. The van der Waals surface area contributed by atoms with Crippen LogP contribution >= 0.6 is 0 Å². The molecule has 0 aliphatic carbocycles. The minimum atomic E-state index is 0.621. The van der Waals surface area contributed by atoms with E-state index < -0.39 is 0 Å². The van der Waals surface area contributed by atoms with Crippen molar-refractivity contribution >= 4 is 6.21 Å². The molecule has 0 aromatic rings. The average molecular weight is 207 g/mol. The first-order chi connectivity index (χ1) is 7.26. The fourth-order valence-electron chi connectivity index (χ4n) is 1.67. The van der Waals surface area contributed by atoms with Crippen molar-refractivity contribution in [2.75, 3.05) is 0 Å².